The van der Waals surface area contributed by atoms with Crippen molar-refractivity contribution in [3.8, 4) is 61.8 Å². The van der Waals surface area contributed by atoms with Crippen molar-refractivity contribution in [1.29, 1.82) is 0 Å². The van der Waals surface area contributed by atoms with E-state index < -0.39 is 64.0 Å². The zero-order valence-electron chi connectivity index (χ0n) is 70.2. The minimum absolute atomic E-state index is 0.0272. The van der Waals surface area contributed by atoms with Crippen LogP contribution in [0.1, 0.15) is 179 Å². The molecule has 0 bridgehead atoms. The predicted molar refractivity (Wildman–Crippen MR) is 379 cm³/mol. The second-order valence-electron chi connectivity index (χ2n) is 29.6. The van der Waals surface area contributed by atoms with E-state index in [-0.39, 0.29) is 111 Å². The summed E-state index contributed by atoms with van der Waals surface area (Å²) in [6.45, 7) is 33.1. The first-order valence-electron chi connectivity index (χ1n) is 38.9. The highest BCUT2D eigenvalue weighted by Crippen LogP contribution is 2.54. The molecule has 11 aromatic rings. The molecule has 5 nitrogen and oxygen atoms in total. The minimum Gasteiger partial charge on any atom is -0.457 e. The summed E-state index contributed by atoms with van der Waals surface area (Å²) < 4.78 is 160. The zero-order chi connectivity index (χ0) is 76.7. The Morgan fingerprint density at radius 1 is 0.449 bits per heavy atom. The van der Waals surface area contributed by atoms with Crippen LogP contribution in [0.4, 0.5) is 22.7 Å². The van der Waals surface area contributed by atoms with Crippen LogP contribution in [-0.2, 0) is 32.5 Å². The van der Waals surface area contributed by atoms with Gasteiger partial charge in [0.1, 0.15) is 24.0 Å². The van der Waals surface area contributed by atoms with E-state index in [9.17, 15) is 12.3 Å². The Kier molecular flexibility index (Phi) is 10.4. The fourth-order valence-electron chi connectivity index (χ4n) is 12.6. The van der Waals surface area contributed by atoms with Gasteiger partial charge in [0.05, 0.1) is 50.0 Å². The lowest BCUT2D eigenvalue weighted by Crippen LogP contribution is -2.33. The van der Waals surface area contributed by atoms with Crippen LogP contribution in [0.15, 0.2) is 206 Å². The number of hydrogen-bond acceptors (Lipinski definition) is 4. The van der Waals surface area contributed by atoms with Crippen molar-refractivity contribution >= 4 is 44.6 Å². The van der Waals surface area contributed by atoms with Crippen LogP contribution in [0, 0.1) is 0 Å². The van der Waals surface area contributed by atoms with E-state index in [0.717, 1.165) is 35.2 Å². The SMILES string of the molecule is [2H]c1c([2H])c([2H])c(-c2cnc(-n3c4cc(Oc5cccc(N6CN(c7c(-c8c([2H])c([2H])c(-c9cc(C(C)(C)C)cc(C(C)(C)C)c9)c([2H])c8[2H])cc(C(C)(C)C)cc7-c7c([2H])c([2H])c8c(c7[2H])C(C)(C)CCC8(C)C)c7ccccc76)c5)ccc4c4c([2H])c([2H])c([2H])c([2H])c43)cc2C(C)(C)C)c([2H])c1[2H]. The van der Waals surface area contributed by atoms with Gasteiger partial charge < -0.3 is 14.5 Å². The molecule has 2 aromatic heterocycles. The smallest absolute Gasteiger partial charge is 0.137 e. The van der Waals surface area contributed by atoms with Crippen LogP contribution in [0.25, 0.3) is 72.1 Å². The number of para-hydroxylation sites is 3. The van der Waals surface area contributed by atoms with Gasteiger partial charge in [0, 0.05) is 51.5 Å². The predicted octanol–water partition coefficient (Wildman–Crippen LogP) is 23.4. The van der Waals surface area contributed by atoms with Crippen molar-refractivity contribution in [2.45, 2.75) is 156 Å². The largest absolute Gasteiger partial charge is 0.457 e. The molecule has 1 aliphatic heterocycles. The van der Waals surface area contributed by atoms with E-state index in [0.29, 0.717) is 78.4 Å². The number of rotatable bonds is 9. The Balaban J connectivity index is 0.999. The minimum atomic E-state index is -0.722. The highest BCUT2D eigenvalue weighted by atomic mass is 16.5. The van der Waals surface area contributed by atoms with E-state index in [4.69, 9.17) is 19.3 Å². The maximum atomic E-state index is 10.6. The Labute approximate surface area is 552 Å². The molecular weight excluding hydrogens is 1080 g/mol. The molecule has 9 aromatic carbocycles. The molecule has 89 heavy (non-hydrogen) atoms. The standard InChI is InChI=1S/C84H88N4O/c1-79(2,3)59-43-58(44-60(46-59)80(4,5)6)54-33-35-56(36-34-54)67-47-61(81(7,8)9)48-68(57-37-40-70-72(45-57)84(15,16)42-41-83(70,13)14)78(67)87-53-86(74-31-22-23-32-75(74)87)62-27-24-28-63(49-62)89-64-38-39-66-65-29-20-21-30-73(65)88(76(66)50-64)77-51-71(82(10,11)12)69(52-85-77)55-25-18-17-19-26-55/h17-40,43-52H,41-42,53H2,1-16H3/i17D,18D,19D,20D,21D,25D,26D,29D,30D,33D,34D,35D,36D,37D,40D,45D. The fourth-order valence-corrected chi connectivity index (χ4v) is 12.6. The van der Waals surface area contributed by atoms with Gasteiger partial charge in [0.25, 0.3) is 0 Å². The third-order valence-electron chi connectivity index (χ3n) is 18.1. The second-order valence-corrected chi connectivity index (χ2v) is 29.6. The molecule has 13 rings (SSSR count). The zero-order valence-corrected chi connectivity index (χ0v) is 54.2. The lowest BCUT2D eigenvalue weighted by molar-refractivity contribution is 0.332. The molecular formula is C84H88N4O. The summed E-state index contributed by atoms with van der Waals surface area (Å²) in [6.07, 6.45) is 2.95. The molecule has 5 heteroatoms. The van der Waals surface area contributed by atoms with E-state index in [2.05, 4.69) is 106 Å². The van der Waals surface area contributed by atoms with Crippen molar-refractivity contribution in [2.75, 3.05) is 16.5 Å². The number of anilines is 4. The number of aromatic nitrogens is 2. The third-order valence-corrected chi connectivity index (χ3v) is 18.1. The summed E-state index contributed by atoms with van der Waals surface area (Å²) >= 11 is 0. The first kappa shape index (κ1) is 43.1. The van der Waals surface area contributed by atoms with Crippen LogP contribution in [0.5, 0.6) is 11.5 Å². The summed E-state index contributed by atoms with van der Waals surface area (Å²) in [5.74, 6) is 0.960. The normalized spacial score (nSPS) is 17.5. The van der Waals surface area contributed by atoms with Crippen LogP contribution >= 0.6 is 0 Å². The number of pyridine rings is 1. The van der Waals surface area contributed by atoms with Crippen molar-refractivity contribution in [2.24, 2.45) is 0 Å². The molecule has 2 aliphatic rings. The Morgan fingerprint density at radius 2 is 1.02 bits per heavy atom. The summed E-state index contributed by atoms with van der Waals surface area (Å²) in [6, 6.07) is 27.6. The summed E-state index contributed by atoms with van der Waals surface area (Å²) in [4.78, 5) is 9.04. The van der Waals surface area contributed by atoms with E-state index in [1.54, 1.807) is 34.9 Å². The Bertz CT molecular complexity index is 5440. The molecule has 0 N–H and O–H groups in total. The summed E-state index contributed by atoms with van der Waals surface area (Å²) in [5, 5.41) is 0.704. The molecule has 0 saturated carbocycles. The quantitative estimate of drug-likeness (QED) is 0.144. The van der Waals surface area contributed by atoms with Crippen LogP contribution in [-0.4, -0.2) is 16.2 Å². The average Bonchev–Trinajstić information content (AvgIpc) is 1.67. The van der Waals surface area contributed by atoms with Crippen molar-refractivity contribution in [1.82, 2.24) is 9.55 Å². The molecule has 0 atom stereocenters. The summed E-state index contributed by atoms with van der Waals surface area (Å²) in [7, 11) is 0. The average molecular weight is 1190 g/mol. The molecule has 3 heterocycles. The van der Waals surface area contributed by atoms with E-state index in [1.807, 2.05) is 87.5 Å². The fraction of sp³-hybridized carbons (Fsp3) is 0.298. The number of fused-ring (bicyclic) bond motifs is 5. The van der Waals surface area contributed by atoms with Crippen LogP contribution in [0.3, 0.4) is 0 Å². The number of benzene rings is 9. The van der Waals surface area contributed by atoms with Gasteiger partial charge in [-0.25, -0.2) is 4.98 Å². The lowest BCUT2D eigenvalue weighted by Gasteiger charge is -2.42. The first-order chi connectivity index (χ1) is 48.8. The molecule has 0 saturated heterocycles. The molecule has 0 radical (unpaired) electrons. The Hall–Kier alpha value is -8.67. The van der Waals surface area contributed by atoms with Gasteiger partial charge in [-0.3, -0.25) is 4.57 Å². The number of ether oxygens (including phenoxy) is 1. The van der Waals surface area contributed by atoms with Gasteiger partial charge in [-0.05, 0) is 167 Å². The maximum Gasteiger partial charge on any atom is 0.137 e. The number of hydrogen-bond donors (Lipinski definition) is 0. The van der Waals surface area contributed by atoms with Gasteiger partial charge in [-0.15, -0.1) is 0 Å². The van der Waals surface area contributed by atoms with Gasteiger partial charge >= 0.3 is 0 Å². The van der Waals surface area contributed by atoms with Gasteiger partial charge in [-0.2, -0.15) is 0 Å². The van der Waals surface area contributed by atoms with Gasteiger partial charge in [0.15, 0.2) is 0 Å². The first-order valence-corrected chi connectivity index (χ1v) is 30.9. The van der Waals surface area contributed by atoms with Gasteiger partial charge in [0.2, 0.25) is 0 Å². The van der Waals surface area contributed by atoms with E-state index >= 15 is 0 Å². The Morgan fingerprint density at radius 3 is 1.69 bits per heavy atom. The van der Waals surface area contributed by atoms with Crippen LogP contribution in [0.2, 0.25) is 0 Å². The molecule has 450 valence electrons. The molecule has 1 aliphatic carbocycles. The summed E-state index contributed by atoms with van der Waals surface area (Å²) in [5.41, 5.74) is 6.76. The maximum absolute atomic E-state index is 10.6. The monoisotopic (exact) mass is 1180 g/mol. The molecule has 0 fully saturated rings. The topological polar surface area (TPSA) is 33.5 Å². The highest BCUT2D eigenvalue weighted by molar-refractivity contribution is 6.09. The molecule has 0 spiro atoms. The second kappa shape index (κ2) is 21.5. The van der Waals surface area contributed by atoms with Crippen molar-refractivity contribution in [3.05, 3.63) is 239 Å². The lowest BCUT2D eigenvalue weighted by atomic mass is 9.63. The third kappa shape index (κ3) is 11.0. The molecule has 0 amide bonds. The van der Waals surface area contributed by atoms with Gasteiger partial charge in [-0.1, -0.05) is 238 Å². The molecule has 0 unspecified atom stereocenters. The van der Waals surface area contributed by atoms with E-state index in [1.165, 1.54) is 6.20 Å². The van der Waals surface area contributed by atoms with Crippen LogP contribution < -0.4 is 14.5 Å². The van der Waals surface area contributed by atoms with Crippen molar-refractivity contribution in [3.63, 3.8) is 0 Å². The highest BCUT2D eigenvalue weighted by Gasteiger charge is 2.39. The van der Waals surface area contributed by atoms with Crippen molar-refractivity contribution < 1.29 is 26.7 Å². The number of nitrogens with zero attached hydrogens (tertiary/aromatic N) is 4.